The predicted molar refractivity (Wildman–Crippen MR) is 74.3 cm³/mol. The number of rotatable bonds is 2. The van der Waals surface area contributed by atoms with Crippen LogP contribution in [0.4, 0.5) is 13.2 Å². The van der Waals surface area contributed by atoms with Gasteiger partial charge in [-0.15, -0.1) is 11.3 Å². The van der Waals surface area contributed by atoms with Crippen molar-refractivity contribution in [2.75, 3.05) is 0 Å². The van der Waals surface area contributed by atoms with Gasteiger partial charge < -0.3 is 5.11 Å². The number of hydrogen-bond acceptors (Lipinski definition) is 3. The Kier molecular flexibility index (Phi) is 3.75. The predicted octanol–water partition coefficient (Wildman–Crippen LogP) is 4.12. The van der Waals surface area contributed by atoms with Gasteiger partial charge in [-0.1, -0.05) is 18.2 Å². The van der Waals surface area contributed by atoms with E-state index in [0.29, 0.717) is 24.1 Å². The maximum Gasteiger partial charge on any atom is 0.416 e. The lowest BCUT2D eigenvalue weighted by Gasteiger charge is -2.14. The second-order valence-corrected chi connectivity index (χ2v) is 6.37. The van der Waals surface area contributed by atoms with Crippen molar-refractivity contribution in [2.45, 2.75) is 38.0 Å². The average Bonchev–Trinajstić information content (AvgIpc) is 2.82. The molecule has 3 rings (SSSR count). The van der Waals surface area contributed by atoms with Gasteiger partial charge in [-0.25, -0.2) is 4.98 Å². The molecule has 1 aromatic heterocycles. The highest BCUT2D eigenvalue weighted by Crippen LogP contribution is 2.34. The Morgan fingerprint density at radius 3 is 2.86 bits per heavy atom. The van der Waals surface area contributed by atoms with Crippen molar-refractivity contribution in [3.8, 4) is 0 Å². The molecule has 2 aromatic rings. The third-order valence-electron chi connectivity index (χ3n) is 3.58. The van der Waals surface area contributed by atoms with Gasteiger partial charge in [0.15, 0.2) is 0 Å². The van der Waals surface area contributed by atoms with Crippen LogP contribution in [0.1, 0.15) is 45.7 Å². The summed E-state index contributed by atoms with van der Waals surface area (Å²) in [7, 11) is 0. The highest BCUT2D eigenvalue weighted by molar-refractivity contribution is 7.11. The largest absolute Gasteiger partial charge is 0.416 e. The van der Waals surface area contributed by atoms with Crippen LogP contribution in [0.2, 0.25) is 0 Å². The Morgan fingerprint density at radius 2 is 2.14 bits per heavy atom. The number of halogens is 3. The summed E-state index contributed by atoms with van der Waals surface area (Å²) in [6, 6.07) is 5.32. The molecule has 6 heteroatoms. The number of alkyl halides is 3. The van der Waals surface area contributed by atoms with E-state index in [-0.39, 0.29) is 0 Å². The molecule has 1 heterocycles. The summed E-state index contributed by atoms with van der Waals surface area (Å²) < 4.78 is 38.1. The third kappa shape index (κ3) is 3.11. The first-order valence-electron chi connectivity index (χ1n) is 6.76. The zero-order valence-corrected chi connectivity index (χ0v) is 12.0. The first-order valence-corrected chi connectivity index (χ1v) is 7.58. The van der Waals surface area contributed by atoms with Crippen LogP contribution in [0.3, 0.4) is 0 Å². The molecule has 1 unspecified atom stereocenters. The molecule has 1 aliphatic rings. The maximum absolute atomic E-state index is 12.7. The van der Waals surface area contributed by atoms with Crippen LogP contribution in [0.15, 0.2) is 24.3 Å². The molecule has 0 fully saturated rings. The molecule has 1 atom stereocenters. The fourth-order valence-corrected chi connectivity index (χ4v) is 3.75. The second-order valence-electron chi connectivity index (χ2n) is 5.20. The molecule has 0 saturated heterocycles. The summed E-state index contributed by atoms with van der Waals surface area (Å²) >= 11 is 1.49. The molecule has 1 aliphatic carbocycles. The summed E-state index contributed by atoms with van der Waals surface area (Å²) in [6.07, 6.45) is -1.95. The van der Waals surface area contributed by atoms with E-state index in [1.165, 1.54) is 17.4 Å². The van der Waals surface area contributed by atoms with Gasteiger partial charge >= 0.3 is 6.18 Å². The van der Waals surface area contributed by atoms with E-state index in [2.05, 4.69) is 4.98 Å². The van der Waals surface area contributed by atoms with E-state index >= 15 is 0 Å². The van der Waals surface area contributed by atoms with E-state index in [4.69, 9.17) is 0 Å². The maximum atomic E-state index is 12.7. The van der Waals surface area contributed by atoms with Crippen molar-refractivity contribution in [1.82, 2.24) is 4.98 Å². The van der Waals surface area contributed by atoms with E-state index < -0.39 is 17.8 Å². The summed E-state index contributed by atoms with van der Waals surface area (Å²) in [5.74, 6) is 0. The Bertz CT molecular complexity index is 651. The van der Waals surface area contributed by atoms with Crippen molar-refractivity contribution in [3.05, 3.63) is 51.0 Å². The molecule has 0 spiro atoms. The van der Waals surface area contributed by atoms with Crippen molar-refractivity contribution < 1.29 is 18.3 Å². The van der Waals surface area contributed by atoms with Crippen LogP contribution >= 0.6 is 11.3 Å². The van der Waals surface area contributed by atoms with Crippen LogP contribution in [-0.4, -0.2) is 10.1 Å². The zero-order valence-electron chi connectivity index (χ0n) is 11.2. The molecule has 0 amide bonds. The quantitative estimate of drug-likeness (QED) is 0.904. The topological polar surface area (TPSA) is 33.1 Å². The molecule has 1 aromatic carbocycles. The number of aromatic nitrogens is 1. The number of thiazole rings is 1. The molecule has 1 N–H and O–H groups in total. The normalized spacial score (nSPS) is 18.6. The zero-order chi connectivity index (χ0) is 15.0. The number of nitrogens with zero attached hydrogens (tertiary/aromatic N) is 1. The molecule has 0 saturated carbocycles. The van der Waals surface area contributed by atoms with Crippen molar-refractivity contribution in [1.29, 1.82) is 0 Å². The fraction of sp³-hybridized carbons (Fsp3) is 0.400. The molecule has 2 nitrogen and oxygen atoms in total. The van der Waals surface area contributed by atoms with E-state index in [1.807, 2.05) is 0 Å². The average molecular weight is 313 g/mol. The highest BCUT2D eigenvalue weighted by atomic mass is 32.1. The summed E-state index contributed by atoms with van der Waals surface area (Å²) in [4.78, 5) is 5.47. The van der Waals surface area contributed by atoms with Crippen LogP contribution in [0.5, 0.6) is 0 Å². The smallest absolute Gasteiger partial charge is 0.387 e. The summed E-state index contributed by atoms with van der Waals surface area (Å²) in [6.45, 7) is 0. The van der Waals surface area contributed by atoms with Crippen molar-refractivity contribution in [3.63, 3.8) is 0 Å². The van der Waals surface area contributed by atoms with Gasteiger partial charge in [-0.2, -0.15) is 13.2 Å². The van der Waals surface area contributed by atoms with Gasteiger partial charge in [0.05, 0.1) is 22.4 Å². The Balaban J connectivity index is 1.84. The number of aliphatic hydroxyl groups excluding tert-OH is 1. The minimum Gasteiger partial charge on any atom is -0.387 e. The van der Waals surface area contributed by atoms with E-state index in [0.717, 1.165) is 34.9 Å². The number of hydrogen-bond donors (Lipinski definition) is 1. The van der Waals surface area contributed by atoms with Crippen LogP contribution in [0, 0.1) is 0 Å². The summed E-state index contributed by atoms with van der Waals surface area (Å²) in [5, 5.41) is 10.7. The van der Waals surface area contributed by atoms with Crippen LogP contribution in [0.25, 0.3) is 0 Å². The SMILES string of the molecule is OC1CCCc2sc(Cc3cccc(C(F)(F)F)c3)nc21. The Labute approximate surface area is 124 Å². The van der Waals surface area contributed by atoms with Gasteiger partial charge in [0.2, 0.25) is 0 Å². The van der Waals surface area contributed by atoms with Gasteiger partial charge in [0, 0.05) is 11.3 Å². The van der Waals surface area contributed by atoms with Crippen molar-refractivity contribution >= 4 is 11.3 Å². The Hall–Kier alpha value is -1.40. The van der Waals surface area contributed by atoms with Crippen LogP contribution < -0.4 is 0 Å². The molecular formula is C15H14F3NOS. The standard InChI is InChI=1S/C15H14F3NOS/c16-15(17,18)10-4-1-3-9(7-10)8-13-19-14-11(20)5-2-6-12(14)21-13/h1,3-4,7,11,20H,2,5-6,8H2. The molecule has 112 valence electrons. The second kappa shape index (κ2) is 5.42. The number of aliphatic hydroxyl groups is 1. The Morgan fingerprint density at radius 1 is 1.33 bits per heavy atom. The van der Waals surface area contributed by atoms with Gasteiger partial charge in [-0.3, -0.25) is 0 Å². The monoisotopic (exact) mass is 313 g/mol. The molecule has 0 aliphatic heterocycles. The van der Waals surface area contributed by atoms with E-state index in [1.54, 1.807) is 6.07 Å². The number of benzene rings is 1. The molecular weight excluding hydrogens is 299 g/mol. The van der Waals surface area contributed by atoms with Gasteiger partial charge in [-0.05, 0) is 30.9 Å². The lowest BCUT2D eigenvalue weighted by atomic mass is 10.0. The molecule has 21 heavy (non-hydrogen) atoms. The first-order chi connectivity index (χ1) is 9.93. The minimum atomic E-state index is -4.33. The third-order valence-corrected chi connectivity index (χ3v) is 4.71. The summed E-state index contributed by atoms with van der Waals surface area (Å²) in [5.41, 5.74) is 0.667. The fourth-order valence-electron chi connectivity index (χ4n) is 2.55. The highest BCUT2D eigenvalue weighted by Gasteiger charge is 2.30. The van der Waals surface area contributed by atoms with E-state index in [9.17, 15) is 18.3 Å². The minimum absolute atomic E-state index is 0.369. The number of fused-ring (bicyclic) bond motifs is 1. The van der Waals surface area contributed by atoms with Crippen molar-refractivity contribution in [2.24, 2.45) is 0 Å². The lowest BCUT2D eigenvalue weighted by Crippen LogP contribution is -2.07. The first kappa shape index (κ1) is 14.5. The van der Waals surface area contributed by atoms with Gasteiger partial charge in [0.25, 0.3) is 0 Å². The molecule has 0 bridgehead atoms. The number of aryl methyl sites for hydroxylation is 1. The van der Waals surface area contributed by atoms with Gasteiger partial charge in [0.1, 0.15) is 0 Å². The molecule has 0 radical (unpaired) electrons. The van der Waals surface area contributed by atoms with Crippen LogP contribution in [-0.2, 0) is 19.0 Å². The lowest BCUT2D eigenvalue weighted by molar-refractivity contribution is -0.137.